The quantitative estimate of drug-likeness (QED) is 0.397. The van der Waals surface area contributed by atoms with Crippen LogP contribution in [0.4, 0.5) is 11.4 Å². The highest BCUT2D eigenvalue weighted by molar-refractivity contribution is 6.39. The lowest BCUT2D eigenvalue weighted by molar-refractivity contribution is -0.385. The minimum Gasteiger partial charge on any atom is -0.387 e. The van der Waals surface area contributed by atoms with Gasteiger partial charge in [-0.1, -0.05) is 36.7 Å². The second-order valence-corrected chi connectivity index (χ2v) is 6.12. The van der Waals surface area contributed by atoms with Gasteiger partial charge in [-0.15, -0.1) is 0 Å². The summed E-state index contributed by atoms with van der Waals surface area (Å²) in [4.78, 5) is 34.4. The van der Waals surface area contributed by atoms with Crippen molar-refractivity contribution in [2.75, 3.05) is 11.9 Å². The normalized spacial score (nSPS) is 11.5. The number of benzene rings is 2. The minimum atomic E-state index is -1.01. The molecule has 2 aromatic carbocycles. The zero-order valence-corrected chi connectivity index (χ0v) is 15.2. The number of aliphatic hydroxyl groups excluding tert-OH is 1. The molecule has 0 unspecified atom stereocenters. The van der Waals surface area contributed by atoms with Gasteiger partial charge in [0.1, 0.15) is 0 Å². The first-order valence-corrected chi connectivity index (χ1v) is 8.49. The van der Waals surface area contributed by atoms with E-state index in [-0.39, 0.29) is 17.9 Å². The van der Waals surface area contributed by atoms with Crippen LogP contribution >= 0.6 is 11.6 Å². The van der Waals surface area contributed by atoms with Crippen LogP contribution in [0, 0.1) is 10.1 Å². The van der Waals surface area contributed by atoms with Gasteiger partial charge in [-0.2, -0.15) is 0 Å². The number of hydrogen-bond acceptors (Lipinski definition) is 5. The SMILES string of the molecule is CCc1ccc(NC(=O)C(=O)NC[C@@H](O)c2ccc(Cl)cc2)cc1[N+](=O)[O-]. The van der Waals surface area contributed by atoms with Gasteiger partial charge in [0.05, 0.1) is 11.0 Å². The molecule has 27 heavy (non-hydrogen) atoms. The van der Waals surface area contributed by atoms with Gasteiger partial charge >= 0.3 is 11.8 Å². The lowest BCUT2D eigenvalue weighted by Crippen LogP contribution is -2.37. The monoisotopic (exact) mass is 391 g/mol. The third-order valence-corrected chi connectivity index (χ3v) is 4.09. The van der Waals surface area contributed by atoms with Gasteiger partial charge in [0.15, 0.2) is 0 Å². The molecule has 0 fully saturated rings. The molecule has 0 aliphatic rings. The first-order valence-electron chi connectivity index (χ1n) is 8.11. The Hall–Kier alpha value is -2.97. The molecule has 2 rings (SSSR count). The van der Waals surface area contributed by atoms with E-state index in [1.807, 2.05) is 0 Å². The van der Waals surface area contributed by atoms with Crippen molar-refractivity contribution in [3.05, 3.63) is 68.7 Å². The molecule has 0 heterocycles. The number of anilines is 1. The van der Waals surface area contributed by atoms with E-state index in [0.717, 1.165) is 0 Å². The molecular formula is C18H18ClN3O5. The van der Waals surface area contributed by atoms with Crippen molar-refractivity contribution in [1.29, 1.82) is 0 Å². The summed E-state index contributed by atoms with van der Waals surface area (Å²) in [6, 6.07) is 10.6. The van der Waals surface area contributed by atoms with Crippen molar-refractivity contribution in [1.82, 2.24) is 5.32 Å². The molecule has 9 heteroatoms. The largest absolute Gasteiger partial charge is 0.387 e. The van der Waals surface area contributed by atoms with Crippen LogP contribution in [0.1, 0.15) is 24.2 Å². The lowest BCUT2D eigenvalue weighted by Gasteiger charge is -2.12. The molecule has 8 nitrogen and oxygen atoms in total. The maximum atomic E-state index is 11.9. The fraction of sp³-hybridized carbons (Fsp3) is 0.222. The highest BCUT2D eigenvalue weighted by Gasteiger charge is 2.18. The van der Waals surface area contributed by atoms with Gasteiger partial charge in [0, 0.05) is 28.9 Å². The molecule has 2 amide bonds. The maximum Gasteiger partial charge on any atom is 0.313 e. The molecule has 0 aromatic heterocycles. The standard InChI is InChI=1S/C18H18ClN3O5/c1-2-11-5-8-14(9-15(11)22(26)27)21-18(25)17(24)20-10-16(23)12-3-6-13(19)7-4-12/h3-9,16,23H,2,10H2,1H3,(H,20,24)(H,21,25)/t16-/m1/s1. The molecule has 3 N–H and O–H groups in total. The van der Waals surface area contributed by atoms with E-state index in [0.29, 0.717) is 22.6 Å². The van der Waals surface area contributed by atoms with E-state index in [9.17, 15) is 24.8 Å². The zero-order valence-electron chi connectivity index (χ0n) is 14.4. The first-order chi connectivity index (χ1) is 12.8. The predicted molar refractivity (Wildman–Crippen MR) is 101 cm³/mol. The summed E-state index contributed by atoms with van der Waals surface area (Å²) in [7, 11) is 0. The molecule has 0 saturated carbocycles. The third kappa shape index (κ3) is 5.50. The van der Waals surface area contributed by atoms with E-state index < -0.39 is 22.8 Å². The second-order valence-electron chi connectivity index (χ2n) is 5.69. The van der Waals surface area contributed by atoms with Gasteiger partial charge in [-0.05, 0) is 30.2 Å². The average Bonchev–Trinajstić information content (AvgIpc) is 2.66. The summed E-state index contributed by atoms with van der Waals surface area (Å²) in [6.07, 6.45) is -0.544. The lowest BCUT2D eigenvalue weighted by atomic mass is 10.1. The Morgan fingerprint density at radius 3 is 2.44 bits per heavy atom. The minimum absolute atomic E-state index is 0.131. The summed E-state index contributed by atoms with van der Waals surface area (Å²) < 4.78 is 0. The maximum absolute atomic E-state index is 11.9. The van der Waals surface area contributed by atoms with Crippen LogP contribution in [-0.4, -0.2) is 28.4 Å². The van der Waals surface area contributed by atoms with Crippen LogP contribution in [-0.2, 0) is 16.0 Å². The molecule has 0 aliphatic heterocycles. The summed E-state index contributed by atoms with van der Waals surface area (Å²) >= 11 is 5.77. The van der Waals surface area contributed by atoms with E-state index in [1.54, 1.807) is 31.2 Å². The fourth-order valence-corrected chi connectivity index (χ4v) is 2.50. The van der Waals surface area contributed by atoms with Crippen molar-refractivity contribution in [2.45, 2.75) is 19.4 Å². The van der Waals surface area contributed by atoms with Crippen LogP contribution in [0.2, 0.25) is 5.02 Å². The van der Waals surface area contributed by atoms with E-state index in [4.69, 9.17) is 11.6 Å². The number of carbonyl (C=O) groups is 2. The smallest absolute Gasteiger partial charge is 0.313 e. The molecule has 0 saturated heterocycles. The van der Waals surface area contributed by atoms with Crippen molar-refractivity contribution in [3.63, 3.8) is 0 Å². The first kappa shape index (κ1) is 20.3. The number of nitro benzene ring substituents is 1. The second kappa shape index (κ2) is 9.11. The van der Waals surface area contributed by atoms with Gasteiger partial charge in [0.25, 0.3) is 5.69 Å². The summed E-state index contributed by atoms with van der Waals surface area (Å²) in [5.74, 6) is -1.96. The number of carbonyl (C=O) groups excluding carboxylic acids is 2. The number of nitrogens with one attached hydrogen (secondary N) is 2. The van der Waals surface area contributed by atoms with Crippen LogP contribution in [0.3, 0.4) is 0 Å². The van der Waals surface area contributed by atoms with Gasteiger partial charge in [-0.25, -0.2) is 0 Å². The van der Waals surface area contributed by atoms with E-state index >= 15 is 0 Å². The van der Waals surface area contributed by atoms with Crippen LogP contribution in [0.15, 0.2) is 42.5 Å². The molecule has 0 radical (unpaired) electrons. The fourth-order valence-electron chi connectivity index (χ4n) is 2.37. The van der Waals surface area contributed by atoms with Crippen molar-refractivity contribution < 1.29 is 19.6 Å². The number of rotatable bonds is 6. The predicted octanol–water partition coefficient (Wildman–Crippen LogP) is 2.60. The topological polar surface area (TPSA) is 122 Å². The summed E-state index contributed by atoms with van der Waals surface area (Å²) in [5.41, 5.74) is 1.06. The van der Waals surface area contributed by atoms with Gasteiger partial charge < -0.3 is 15.7 Å². The Balaban J connectivity index is 1.95. The molecule has 142 valence electrons. The third-order valence-electron chi connectivity index (χ3n) is 3.84. The zero-order chi connectivity index (χ0) is 20.0. The van der Waals surface area contributed by atoms with E-state index in [2.05, 4.69) is 10.6 Å². The number of hydrogen-bond donors (Lipinski definition) is 3. The van der Waals surface area contributed by atoms with E-state index in [1.165, 1.54) is 18.2 Å². The number of nitrogens with zero attached hydrogens (tertiary/aromatic N) is 1. The number of aryl methyl sites for hydroxylation is 1. The van der Waals surface area contributed by atoms with Crippen molar-refractivity contribution in [2.24, 2.45) is 0 Å². The Bertz CT molecular complexity index is 855. The molecule has 0 bridgehead atoms. The summed E-state index contributed by atoms with van der Waals surface area (Å²) in [6.45, 7) is 1.60. The molecule has 1 atom stereocenters. The van der Waals surface area contributed by atoms with Gasteiger partial charge in [0.2, 0.25) is 0 Å². The molecular weight excluding hydrogens is 374 g/mol. The Morgan fingerprint density at radius 2 is 1.85 bits per heavy atom. The van der Waals surface area contributed by atoms with Gasteiger partial charge in [-0.3, -0.25) is 19.7 Å². The Morgan fingerprint density at radius 1 is 1.19 bits per heavy atom. The molecule has 0 aliphatic carbocycles. The van der Waals surface area contributed by atoms with Crippen LogP contribution in [0.25, 0.3) is 0 Å². The highest BCUT2D eigenvalue weighted by atomic mass is 35.5. The Kier molecular flexibility index (Phi) is 6.86. The highest BCUT2D eigenvalue weighted by Crippen LogP contribution is 2.23. The Labute approximate surface area is 160 Å². The number of nitro groups is 1. The number of halogens is 1. The molecule has 2 aromatic rings. The molecule has 0 spiro atoms. The van der Waals surface area contributed by atoms with Crippen LogP contribution in [0.5, 0.6) is 0 Å². The van der Waals surface area contributed by atoms with Crippen LogP contribution < -0.4 is 10.6 Å². The van der Waals surface area contributed by atoms with Crippen molar-refractivity contribution >= 4 is 34.8 Å². The average molecular weight is 392 g/mol. The summed E-state index contributed by atoms with van der Waals surface area (Å²) in [5, 5.41) is 26.2. The number of aliphatic hydroxyl groups is 1. The van der Waals surface area contributed by atoms with Crippen molar-refractivity contribution in [3.8, 4) is 0 Å². The number of amides is 2.